The number of benzene rings is 1. The Morgan fingerprint density at radius 3 is 2.68 bits per heavy atom. The van der Waals surface area contributed by atoms with Crippen molar-refractivity contribution in [1.29, 1.82) is 0 Å². The molecule has 0 unspecified atom stereocenters. The molecule has 2 aromatic heterocycles. The number of nitro benzene ring substituents is 1. The summed E-state index contributed by atoms with van der Waals surface area (Å²) in [6.07, 6.45) is 0. The first-order chi connectivity index (χ1) is 10.4. The van der Waals surface area contributed by atoms with Gasteiger partial charge < -0.3 is 4.98 Å². The summed E-state index contributed by atoms with van der Waals surface area (Å²) in [6, 6.07) is 4.40. The minimum absolute atomic E-state index is 0.185. The van der Waals surface area contributed by atoms with Gasteiger partial charge in [0.25, 0.3) is 5.69 Å². The van der Waals surface area contributed by atoms with Gasteiger partial charge in [0.15, 0.2) is 5.52 Å². The van der Waals surface area contributed by atoms with Crippen LogP contribution in [0, 0.1) is 17.0 Å². The third kappa shape index (κ3) is 2.78. The fourth-order valence-corrected chi connectivity index (χ4v) is 2.41. The van der Waals surface area contributed by atoms with Crippen LogP contribution < -0.4 is 5.32 Å². The number of nitro groups is 1. The molecule has 0 radical (unpaired) electrons. The first-order valence-corrected chi connectivity index (χ1v) is 6.80. The Labute approximate surface area is 133 Å². The Hall–Kier alpha value is -2.45. The molecule has 0 aliphatic rings. The van der Waals surface area contributed by atoms with Crippen LogP contribution in [0.1, 0.15) is 5.69 Å². The van der Waals surface area contributed by atoms with Gasteiger partial charge in [-0.15, -0.1) is 0 Å². The summed E-state index contributed by atoms with van der Waals surface area (Å²) in [6.45, 7) is 1.77. The van der Waals surface area contributed by atoms with E-state index in [4.69, 9.17) is 23.2 Å². The first-order valence-electron chi connectivity index (χ1n) is 6.04. The maximum absolute atomic E-state index is 11.1. The quantitative estimate of drug-likeness (QED) is 0.428. The lowest BCUT2D eigenvalue weighted by Crippen LogP contribution is -1.99. The molecule has 0 saturated carbocycles. The van der Waals surface area contributed by atoms with Crippen molar-refractivity contribution in [2.45, 2.75) is 6.92 Å². The third-order valence-electron chi connectivity index (χ3n) is 2.78. The van der Waals surface area contributed by atoms with E-state index in [1.807, 2.05) is 0 Å². The summed E-state index contributed by atoms with van der Waals surface area (Å²) < 4.78 is 0. The highest BCUT2D eigenvalue weighted by Crippen LogP contribution is 2.29. The molecule has 3 rings (SSSR count). The van der Waals surface area contributed by atoms with Crippen LogP contribution in [0.15, 0.2) is 18.2 Å². The third-order valence-corrected chi connectivity index (χ3v) is 3.19. The van der Waals surface area contributed by atoms with Gasteiger partial charge in [-0.3, -0.25) is 15.4 Å². The lowest BCUT2D eigenvalue weighted by Gasteiger charge is -2.02. The average Bonchev–Trinajstić information content (AvgIpc) is 2.78. The normalized spacial score (nSPS) is 10.9. The van der Waals surface area contributed by atoms with Crippen molar-refractivity contribution < 1.29 is 4.92 Å². The van der Waals surface area contributed by atoms with Crippen LogP contribution in [0.4, 0.5) is 17.6 Å². The highest BCUT2D eigenvalue weighted by Gasteiger charge is 2.18. The van der Waals surface area contributed by atoms with Crippen LogP contribution in [-0.2, 0) is 0 Å². The molecule has 0 atom stereocenters. The number of anilines is 2. The Bertz CT molecular complexity index is 874. The number of aromatic amines is 1. The molecule has 10 heteroatoms. The number of hydrogen-bond donors (Lipinski definition) is 2. The number of rotatable bonds is 3. The molecule has 3 aromatic rings. The number of aromatic nitrogens is 4. The zero-order valence-corrected chi connectivity index (χ0v) is 12.6. The summed E-state index contributed by atoms with van der Waals surface area (Å²) in [5, 5.41) is 14.4. The van der Waals surface area contributed by atoms with Gasteiger partial charge in [-0.2, -0.15) is 0 Å². The molecule has 0 spiro atoms. The molecule has 112 valence electrons. The molecule has 0 amide bonds. The molecule has 8 nitrogen and oxygen atoms in total. The van der Waals surface area contributed by atoms with Crippen LogP contribution in [0.2, 0.25) is 10.2 Å². The molecule has 2 heterocycles. The molecule has 22 heavy (non-hydrogen) atoms. The van der Waals surface area contributed by atoms with Gasteiger partial charge in [0.1, 0.15) is 5.15 Å². The summed E-state index contributed by atoms with van der Waals surface area (Å²) in [5.41, 5.74) is 1.11. The van der Waals surface area contributed by atoms with E-state index < -0.39 is 4.92 Å². The van der Waals surface area contributed by atoms with Crippen LogP contribution in [0.5, 0.6) is 0 Å². The van der Waals surface area contributed by atoms with Gasteiger partial charge in [-0.05, 0) is 19.1 Å². The standard InChI is InChI=1S/C12H8Cl2N6O2/c1-5-2-9(14)17-11(15-5)19-12-16-7-3-6(13)4-8(20(21)22)10(7)18-12/h2-4H,1H3,(H2,15,16,17,18,19). The minimum atomic E-state index is -0.543. The number of hydrogen-bond acceptors (Lipinski definition) is 6. The largest absolute Gasteiger partial charge is 0.324 e. The van der Waals surface area contributed by atoms with E-state index in [1.165, 1.54) is 6.07 Å². The van der Waals surface area contributed by atoms with E-state index in [0.717, 1.165) is 0 Å². The van der Waals surface area contributed by atoms with E-state index >= 15 is 0 Å². The SMILES string of the molecule is Cc1cc(Cl)nc(Nc2nc3c([N+](=O)[O-])cc(Cl)cc3[nH]2)n1. The smallest absolute Gasteiger partial charge is 0.298 e. The molecule has 0 saturated heterocycles. The van der Waals surface area contributed by atoms with Crippen molar-refractivity contribution in [3.8, 4) is 0 Å². The second-order valence-electron chi connectivity index (χ2n) is 4.44. The number of aryl methyl sites for hydroxylation is 1. The summed E-state index contributed by atoms with van der Waals surface area (Å²) >= 11 is 11.7. The molecule has 2 N–H and O–H groups in total. The monoisotopic (exact) mass is 338 g/mol. The van der Waals surface area contributed by atoms with Crippen molar-refractivity contribution in [3.63, 3.8) is 0 Å². The lowest BCUT2D eigenvalue weighted by molar-refractivity contribution is -0.383. The van der Waals surface area contributed by atoms with Crippen LogP contribution in [-0.4, -0.2) is 24.9 Å². The van der Waals surface area contributed by atoms with Gasteiger partial charge in [-0.25, -0.2) is 15.0 Å². The molecule has 0 aliphatic heterocycles. The predicted molar refractivity (Wildman–Crippen MR) is 82.8 cm³/mol. The number of halogens is 2. The fourth-order valence-electron chi connectivity index (χ4n) is 1.96. The van der Waals surface area contributed by atoms with E-state index in [0.29, 0.717) is 11.2 Å². The zero-order valence-electron chi connectivity index (χ0n) is 11.1. The van der Waals surface area contributed by atoms with Crippen molar-refractivity contribution in [1.82, 2.24) is 19.9 Å². The topological polar surface area (TPSA) is 110 Å². The Balaban J connectivity index is 2.05. The maximum atomic E-state index is 11.1. The molecule has 1 aromatic carbocycles. The van der Waals surface area contributed by atoms with Crippen molar-refractivity contribution in [2.24, 2.45) is 0 Å². The Kier molecular flexibility index (Phi) is 3.55. The van der Waals surface area contributed by atoms with Gasteiger partial charge >= 0.3 is 0 Å². The number of nitrogens with one attached hydrogen (secondary N) is 2. The molecular formula is C12H8Cl2N6O2. The Morgan fingerprint density at radius 2 is 2.00 bits per heavy atom. The molecule has 0 fully saturated rings. The van der Waals surface area contributed by atoms with E-state index in [2.05, 4.69) is 25.3 Å². The van der Waals surface area contributed by atoms with Gasteiger partial charge in [0.2, 0.25) is 11.9 Å². The fraction of sp³-hybridized carbons (Fsp3) is 0.0833. The molecule has 0 aliphatic carbocycles. The van der Waals surface area contributed by atoms with Crippen molar-refractivity contribution in [2.75, 3.05) is 5.32 Å². The summed E-state index contributed by atoms with van der Waals surface area (Å²) in [5.74, 6) is 0.486. The Morgan fingerprint density at radius 1 is 1.23 bits per heavy atom. The van der Waals surface area contributed by atoms with Gasteiger partial charge in [0, 0.05) is 16.8 Å². The highest BCUT2D eigenvalue weighted by molar-refractivity contribution is 6.31. The predicted octanol–water partition coefficient (Wildman–Crippen LogP) is 3.62. The van der Waals surface area contributed by atoms with E-state index in [1.54, 1.807) is 19.1 Å². The lowest BCUT2D eigenvalue weighted by atomic mass is 10.3. The summed E-state index contributed by atoms with van der Waals surface area (Å²) in [7, 11) is 0. The number of imidazole rings is 1. The number of H-pyrrole nitrogens is 1. The molecule has 0 bridgehead atoms. The maximum Gasteiger partial charge on any atom is 0.298 e. The second kappa shape index (κ2) is 5.39. The first kappa shape index (κ1) is 14.5. The zero-order chi connectivity index (χ0) is 15.9. The van der Waals surface area contributed by atoms with Gasteiger partial charge in [-0.1, -0.05) is 23.2 Å². The van der Waals surface area contributed by atoms with Crippen LogP contribution >= 0.6 is 23.2 Å². The average molecular weight is 339 g/mol. The summed E-state index contributed by atoms with van der Waals surface area (Å²) in [4.78, 5) is 25.7. The van der Waals surface area contributed by atoms with E-state index in [9.17, 15) is 10.1 Å². The van der Waals surface area contributed by atoms with Crippen molar-refractivity contribution >= 4 is 51.8 Å². The number of non-ortho nitro benzene ring substituents is 1. The number of fused-ring (bicyclic) bond motifs is 1. The number of nitrogens with zero attached hydrogens (tertiary/aromatic N) is 4. The molecular weight excluding hydrogens is 331 g/mol. The second-order valence-corrected chi connectivity index (χ2v) is 5.27. The van der Waals surface area contributed by atoms with Crippen LogP contribution in [0.25, 0.3) is 11.0 Å². The van der Waals surface area contributed by atoms with Crippen LogP contribution in [0.3, 0.4) is 0 Å². The minimum Gasteiger partial charge on any atom is -0.324 e. The highest BCUT2D eigenvalue weighted by atomic mass is 35.5. The van der Waals surface area contributed by atoms with Crippen molar-refractivity contribution in [3.05, 3.63) is 44.2 Å². The van der Waals surface area contributed by atoms with E-state index in [-0.39, 0.29) is 33.3 Å². The van der Waals surface area contributed by atoms with Gasteiger partial charge in [0.05, 0.1) is 10.4 Å².